The van der Waals surface area contributed by atoms with Gasteiger partial charge in [-0.2, -0.15) is 0 Å². The van der Waals surface area contributed by atoms with Crippen molar-refractivity contribution in [1.82, 2.24) is 0 Å². The minimum absolute atomic E-state index is 1.06. The molecule has 0 bridgehead atoms. The van der Waals surface area contributed by atoms with Gasteiger partial charge in [0.1, 0.15) is 0 Å². The van der Waals surface area contributed by atoms with E-state index in [1.165, 1.54) is 9.35 Å². The molecule has 0 amide bonds. The molecule has 1 aromatic heterocycles. The zero-order valence-corrected chi connectivity index (χ0v) is 8.04. The van der Waals surface area contributed by atoms with Gasteiger partial charge in [0.15, 0.2) is 0 Å². The van der Waals surface area contributed by atoms with Gasteiger partial charge in [-0.05, 0) is 45.8 Å². The van der Waals surface area contributed by atoms with Gasteiger partial charge in [-0.3, -0.25) is 0 Å². The van der Waals surface area contributed by atoms with Crippen molar-refractivity contribution in [3.05, 3.63) is 33.5 Å². The number of hydrogen-bond donors (Lipinski definition) is 0. The van der Waals surface area contributed by atoms with Crippen molar-refractivity contribution in [2.75, 3.05) is 0 Å². The standard InChI is InChI=1S/C8H9BrS/c1-2-3-4-7-5-6-10-8(7)9/h2,5-6H,1,3-4H2. The minimum atomic E-state index is 1.06. The van der Waals surface area contributed by atoms with Gasteiger partial charge < -0.3 is 0 Å². The molecule has 0 unspecified atom stereocenters. The maximum absolute atomic E-state index is 3.68. The first-order valence-electron chi connectivity index (χ1n) is 3.17. The van der Waals surface area contributed by atoms with Crippen LogP contribution >= 0.6 is 27.3 Å². The second kappa shape index (κ2) is 3.94. The van der Waals surface area contributed by atoms with Crippen LogP contribution in [0.5, 0.6) is 0 Å². The van der Waals surface area contributed by atoms with Crippen molar-refractivity contribution in [3.63, 3.8) is 0 Å². The maximum Gasteiger partial charge on any atom is 0.0730 e. The molecule has 1 aromatic rings. The van der Waals surface area contributed by atoms with Crippen molar-refractivity contribution in [3.8, 4) is 0 Å². The first-order valence-corrected chi connectivity index (χ1v) is 4.84. The molecule has 2 heteroatoms. The Hall–Kier alpha value is -0.0800. The fourth-order valence-corrected chi connectivity index (χ4v) is 2.08. The zero-order valence-electron chi connectivity index (χ0n) is 5.64. The molecule has 0 aliphatic rings. The molecule has 0 radical (unpaired) electrons. The van der Waals surface area contributed by atoms with Crippen molar-refractivity contribution >= 4 is 27.3 Å². The van der Waals surface area contributed by atoms with E-state index in [1.54, 1.807) is 11.3 Å². The van der Waals surface area contributed by atoms with Crippen molar-refractivity contribution in [2.24, 2.45) is 0 Å². The highest BCUT2D eigenvalue weighted by molar-refractivity contribution is 9.11. The van der Waals surface area contributed by atoms with Crippen LogP contribution < -0.4 is 0 Å². The zero-order chi connectivity index (χ0) is 7.40. The number of halogens is 1. The highest BCUT2D eigenvalue weighted by Crippen LogP contribution is 2.24. The minimum Gasteiger partial charge on any atom is -0.137 e. The van der Waals surface area contributed by atoms with Gasteiger partial charge in [-0.15, -0.1) is 17.9 Å². The average Bonchev–Trinajstić information content (AvgIpc) is 2.31. The summed E-state index contributed by atoms with van der Waals surface area (Å²) in [5.74, 6) is 0. The molecule has 1 heterocycles. The molecular weight excluding hydrogens is 208 g/mol. The molecule has 0 saturated heterocycles. The Kier molecular flexibility index (Phi) is 3.16. The topological polar surface area (TPSA) is 0 Å². The summed E-state index contributed by atoms with van der Waals surface area (Å²) < 4.78 is 1.26. The summed E-state index contributed by atoms with van der Waals surface area (Å²) in [7, 11) is 0. The Morgan fingerprint density at radius 1 is 1.70 bits per heavy atom. The van der Waals surface area contributed by atoms with Crippen LogP contribution in [-0.2, 0) is 6.42 Å². The summed E-state index contributed by atoms with van der Waals surface area (Å²) in [4.78, 5) is 0. The van der Waals surface area contributed by atoms with Gasteiger partial charge in [0.2, 0.25) is 0 Å². The summed E-state index contributed by atoms with van der Waals surface area (Å²) >= 11 is 5.22. The molecule has 0 aliphatic carbocycles. The molecule has 10 heavy (non-hydrogen) atoms. The largest absolute Gasteiger partial charge is 0.137 e. The third-order valence-electron chi connectivity index (χ3n) is 1.31. The van der Waals surface area contributed by atoms with Gasteiger partial charge in [0.05, 0.1) is 3.79 Å². The molecule has 0 spiro atoms. The van der Waals surface area contributed by atoms with Gasteiger partial charge in [-0.25, -0.2) is 0 Å². The predicted octanol–water partition coefficient (Wildman–Crippen LogP) is 3.63. The van der Waals surface area contributed by atoms with E-state index in [-0.39, 0.29) is 0 Å². The fraction of sp³-hybridized carbons (Fsp3) is 0.250. The number of aryl methyl sites for hydroxylation is 1. The molecule has 0 nitrogen and oxygen atoms in total. The Labute approximate surface area is 73.7 Å². The first kappa shape index (κ1) is 8.02. The van der Waals surface area contributed by atoms with E-state index in [1.807, 2.05) is 6.08 Å². The van der Waals surface area contributed by atoms with Crippen LogP contribution in [0, 0.1) is 0 Å². The number of rotatable bonds is 3. The average molecular weight is 217 g/mol. The second-order valence-electron chi connectivity index (χ2n) is 2.05. The van der Waals surface area contributed by atoms with E-state index in [4.69, 9.17) is 0 Å². The molecular formula is C8H9BrS. The molecule has 54 valence electrons. The maximum atomic E-state index is 3.68. The monoisotopic (exact) mass is 216 g/mol. The highest BCUT2D eigenvalue weighted by Gasteiger charge is 1.97. The summed E-state index contributed by atoms with van der Waals surface area (Å²) in [6.45, 7) is 3.68. The molecule has 0 aliphatic heterocycles. The third kappa shape index (κ3) is 1.96. The van der Waals surface area contributed by atoms with E-state index in [0.717, 1.165) is 12.8 Å². The van der Waals surface area contributed by atoms with Crippen LogP contribution in [0.2, 0.25) is 0 Å². The molecule has 0 N–H and O–H groups in total. The van der Waals surface area contributed by atoms with Crippen LogP contribution in [0.3, 0.4) is 0 Å². The van der Waals surface area contributed by atoms with E-state index in [9.17, 15) is 0 Å². The Morgan fingerprint density at radius 3 is 3.00 bits per heavy atom. The van der Waals surface area contributed by atoms with E-state index >= 15 is 0 Å². The summed E-state index contributed by atoms with van der Waals surface area (Å²) in [6, 6.07) is 2.15. The van der Waals surface area contributed by atoms with Crippen LogP contribution in [-0.4, -0.2) is 0 Å². The summed E-state index contributed by atoms with van der Waals surface area (Å²) in [5, 5.41) is 2.10. The Balaban J connectivity index is 2.56. The number of thiophene rings is 1. The van der Waals surface area contributed by atoms with Gasteiger partial charge >= 0.3 is 0 Å². The Bertz CT molecular complexity index is 215. The lowest BCUT2D eigenvalue weighted by atomic mass is 10.2. The van der Waals surface area contributed by atoms with E-state index < -0.39 is 0 Å². The Morgan fingerprint density at radius 2 is 2.50 bits per heavy atom. The quantitative estimate of drug-likeness (QED) is 0.678. The third-order valence-corrected chi connectivity index (χ3v) is 3.12. The van der Waals surface area contributed by atoms with Gasteiger partial charge in [0, 0.05) is 0 Å². The number of hydrogen-bond acceptors (Lipinski definition) is 1. The van der Waals surface area contributed by atoms with Crippen molar-refractivity contribution in [1.29, 1.82) is 0 Å². The number of allylic oxidation sites excluding steroid dienone is 1. The van der Waals surface area contributed by atoms with Crippen LogP contribution in [0.4, 0.5) is 0 Å². The van der Waals surface area contributed by atoms with Crippen LogP contribution in [0.1, 0.15) is 12.0 Å². The smallest absolute Gasteiger partial charge is 0.0730 e. The first-order chi connectivity index (χ1) is 4.84. The van der Waals surface area contributed by atoms with Crippen molar-refractivity contribution < 1.29 is 0 Å². The summed E-state index contributed by atoms with van der Waals surface area (Å²) in [6.07, 6.45) is 4.12. The second-order valence-corrected chi connectivity index (χ2v) is 4.28. The lowest BCUT2D eigenvalue weighted by Crippen LogP contribution is -1.77. The van der Waals surface area contributed by atoms with Gasteiger partial charge in [-0.1, -0.05) is 6.08 Å². The van der Waals surface area contributed by atoms with E-state index in [2.05, 4.69) is 34.0 Å². The molecule has 0 aromatic carbocycles. The lowest BCUT2D eigenvalue weighted by Gasteiger charge is -1.92. The fourth-order valence-electron chi connectivity index (χ4n) is 0.756. The molecule has 1 rings (SSSR count). The van der Waals surface area contributed by atoms with Crippen LogP contribution in [0.25, 0.3) is 0 Å². The molecule has 0 saturated carbocycles. The van der Waals surface area contributed by atoms with Gasteiger partial charge in [0.25, 0.3) is 0 Å². The lowest BCUT2D eigenvalue weighted by molar-refractivity contribution is 1.01. The highest BCUT2D eigenvalue weighted by atomic mass is 79.9. The van der Waals surface area contributed by atoms with Crippen molar-refractivity contribution in [2.45, 2.75) is 12.8 Å². The predicted molar refractivity (Wildman–Crippen MR) is 50.5 cm³/mol. The van der Waals surface area contributed by atoms with E-state index in [0.29, 0.717) is 0 Å². The molecule has 0 atom stereocenters. The summed E-state index contributed by atoms with van der Waals surface area (Å²) in [5.41, 5.74) is 1.39. The normalized spacial score (nSPS) is 9.70. The van der Waals surface area contributed by atoms with Crippen LogP contribution in [0.15, 0.2) is 27.9 Å². The molecule has 0 fully saturated rings. The SMILES string of the molecule is C=CCCc1ccsc1Br.